The molecule has 0 radical (unpaired) electrons. The van der Waals surface area contributed by atoms with Crippen LogP contribution < -0.4 is 4.90 Å². The van der Waals surface area contributed by atoms with Crippen molar-refractivity contribution in [3.8, 4) is 11.1 Å². The van der Waals surface area contributed by atoms with Gasteiger partial charge in [-0.3, -0.25) is 0 Å². The maximum atomic E-state index is 2.41. The van der Waals surface area contributed by atoms with Crippen molar-refractivity contribution in [1.82, 2.24) is 0 Å². The fraction of sp³-hybridized carbons (Fsp3) is 0.0685. The van der Waals surface area contributed by atoms with E-state index in [-0.39, 0.29) is 5.92 Å². The molecule has 0 amide bonds. The van der Waals surface area contributed by atoms with Crippen LogP contribution in [0.2, 0.25) is 0 Å². The molecule has 1 nitrogen and oxygen atoms in total. The summed E-state index contributed by atoms with van der Waals surface area (Å²) >= 11 is 0. The predicted octanol–water partition coefficient (Wildman–Crippen LogP) is 19.3. The van der Waals surface area contributed by atoms with Crippen LogP contribution in [-0.4, -0.2) is 0 Å². The second kappa shape index (κ2) is 22.2. The number of anilines is 2. The van der Waals surface area contributed by atoms with E-state index in [1.54, 1.807) is 0 Å². The van der Waals surface area contributed by atoms with Gasteiger partial charge in [-0.05, 0) is 132 Å². The number of nitrogens with zero attached hydrogens (tertiary/aromatic N) is 1. The highest BCUT2D eigenvalue weighted by molar-refractivity contribution is 6.05. The fourth-order valence-corrected chi connectivity index (χ4v) is 10.5. The van der Waals surface area contributed by atoms with Gasteiger partial charge in [0.05, 0.1) is 0 Å². The SMILES string of the molecule is CC(C)c1ccc(N(C2=CCC(c3ccc(C(=C(c4ccccc4)c4ccccc4)c4ccccc4)cc3)C=C2)c2ccc(-c3ccc(C(=C(c4ccccc4)c4ccccc4)c4ccccc4)cc3)cc2)cc1. The van der Waals surface area contributed by atoms with Gasteiger partial charge in [0.15, 0.2) is 0 Å². The molecule has 1 unspecified atom stereocenters. The lowest BCUT2D eigenvalue weighted by molar-refractivity contribution is 0.839. The zero-order valence-electron chi connectivity index (χ0n) is 42.1. The van der Waals surface area contributed by atoms with Crippen LogP contribution in [0.25, 0.3) is 33.4 Å². The topological polar surface area (TPSA) is 3.24 Å². The zero-order valence-corrected chi connectivity index (χ0v) is 42.1. The van der Waals surface area contributed by atoms with Crippen LogP contribution in [0, 0.1) is 0 Å². The Morgan fingerprint density at radius 3 is 0.946 bits per heavy atom. The number of hydrogen-bond donors (Lipinski definition) is 0. The third-order valence-electron chi connectivity index (χ3n) is 14.3. The van der Waals surface area contributed by atoms with Crippen molar-refractivity contribution in [3.05, 3.63) is 359 Å². The van der Waals surface area contributed by atoms with E-state index in [2.05, 4.69) is 316 Å². The van der Waals surface area contributed by atoms with Crippen LogP contribution in [-0.2, 0) is 0 Å². The highest BCUT2D eigenvalue weighted by Crippen LogP contribution is 2.41. The Hall–Kier alpha value is -9.04. The van der Waals surface area contributed by atoms with Gasteiger partial charge in [0, 0.05) is 23.0 Å². The van der Waals surface area contributed by atoms with E-state index in [1.165, 1.54) is 94.8 Å². The van der Waals surface area contributed by atoms with E-state index in [4.69, 9.17) is 0 Å². The molecule has 0 heterocycles. The zero-order chi connectivity index (χ0) is 50.1. The Balaban J connectivity index is 0.894. The first-order valence-electron chi connectivity index (χ1n) is 26.0. The number of allylic oxidation sites excluding steroid dienone is 3. The molecule has 0 aromatic heterocycles. The van der Waals surface area contributed by atoms with E-state index < -0.39 is 0 Å². The molecule has 1 aliphatic carbocycles. The molecule has 0 saturated carbocycles. The lowest BCUT2D eigenvalue weighted by Crippen LogP contribution is -2.17. The molecule has 0 fully saturated rings. The first-order valence-corrected chi connectivity index (χ1v) is 26.0. The van der Waals surface area contributed by atoms with Crippen molar-refractivity contribution in [1.29, 1.82) is 0 Å². The van der Waals surface area contributed by atoms with Gasteiger partial charge >= 0.3 is 0 Å². The largest absolute Gasteiger partial charge is 0.311 e. The van der Waals surface area contributed by atoms with Crippen LogP contribution in [0.3, 0.4) is 0 Å². The maximum Gasteiger partial charge on any atom is 0.0461 e. The first-order chi connectivity index (χ1) is 36.6. The van der Waals surface area contributed by atoms with Gasteiger partial charge < -0.3 is 4.90 Å². The molecule has 0 aliphatic heterocycles. The summed E-state index contributed by atoms with van der Waals surface area (Å²) < 4.78 is 0. The summed E-state index contributed by atoms with van der Waals surface area (Å²) in [5.74, 6) is 0.707. The van der Waals surface area contributed by atoms with Gasteiger partial charge in [-0.2, -0.15) is 0 Å². The smallest absolute Gasteiger partial charge is 0.0461 e. The first kappa shape index (κ1) is 47.3. The van der Waals surface area contributed by atoms with Crippen molar-refractivity contribution < 1.29 is 0 Å². The fourth-order valence-electron chi connectivity index (χ4n) is 10.5. The molecule has 10 aromatic rings. The third kappa shape index (κ3) is 10.3. The Kier molecular flexibility index (Phi) is 14.2. The highest BCUT2D eigenvalue weighted by Gasteiger charge is 2.22. The summed E-state index contributed by atoms with van der Waals surface area (Å²) in [6.07, 6.45) is 8.02. The number of hydrogen-bond acceptors (Lipinski definition) is 1. The van der Waals surface area contributed by atoms with Crippen molar-refractivity contribution in [2.24, 2.45) is 0 Å². The molecule has 1 heteroatoms. The maximum absolute atomic E-state index is 2.41. The summed E-state index contributed by atoms with van der Waals surface area (Å²) in [7, 11) is 0. The van der Waals surface area contributed by atoms with Crippen LogP contribution >= 0.6 is 0 Å². The highest BCUT2D eigenvalue weighted by atomic mass is 15.1. The second-order valence-electron chi connectivity index (χ2n) is 19.4. The van der Waals surface area contributed by atoms with Gasteiger partial charge in [-0.1, -0.05) is 281 Å². The lowest BCUT2D eigenvalue weighted by atomic mass is 9.84. The van der Waals surface area contributed by atoms with Crippen LogP contribution in [0.15, 0.2) is 303 Å². The van der Waals surface area contributed by atoms with Gasteiger partial charge in [-0.15, -0.1) is 0 Å². The Bertz CT molecular complexity index is 3470. The molecular formula is C73H59N. The Morgan fingerprint density at radius 1 is 0.338 bits per heavy atom. The predicted molar refractivity (Wildman–Crippen MR) is 314 cm³/mol. The van der Waals surface area contributed by atoms with Crippen molar-refractivity contribution in [2.75, 3.05) is 4.90 Å². The van der Waals surface area contributed by atoms with Crippen molar-refractivity contribution >= 4 is 33.7 Å². The Labute approximate surface area is 438 Å². The van der Waals surface area contributed by atoms with E-state index in [1.807, 2.05) is 0 Å². The number of rotatable bonds is 14. The molecule has 11 rings (SSSR count). The summed E-state index contributed by atoms with van der Waals surface area (Å²) in [5, 5.41) is 0. The average molecular weight is 950 g/mol. The van der Waals surface area contributed by atoms with Gasteiger partial charge in [-0.25, -0.2) is 0 Å². The molecular weight excluding hydrogens is 891 g/mol. The van der Waals surface area contributed by atoms with Crippen LogP contribution in [0.4, 0.5) is 11.4 Å². The van der Waals surface area contributed by atoms with Gasteiger partial charge in [0.2, 0.25) is 0 Å². The van der Waals surface area contributed by atoms with E-state index in [9.17, 15) is 0 Å². The van der Waals surface area contributed by atoms with E-state index in [0.717, 1.165) is 17.8 Å². The average Bonchev–Trinajstić information content (AvgIpc) is 3.48. The standard InChI is InChI=1S/C73H59N/c1-53(2)54-41-47-67(48-42-54)74(68-49-43-57(44-50-68)55-33-37-65(38-34-55)72(63-29-17-7-18-30-63)70(59-21-9-3-10-22-59)60-23-11-4-12-24-60)69-51-45-58(46-52-69)56-35-39-66(40-36-56)73(64-31-19-8-20-32-64)71(61-25-13-5-14-26-61)62-27-15-6-16-28-62/h3-45,47-53,58H,46H2,1-2H3. The summed E-state index contributed by atoms with van der Waals surface area (Å²) in [6.45, 7) is 4.51. The van der Waals surface area contributed by atoms with E-state index >= 15 is 0 Å². The minimum absolute atomic E-state index is 0.254. The molecule has 1 aliphatic rings. The second-order valence-corrected chi connectivity index (χ2v) is 19.4. The summed E-state index contributed by atoms with van der Waals surface area (Å²) in [4.78, 5) is 2.41. The molecule has 0 spiro atoms. The normalized spacial score (nSPS) is 13.0. The monoisotopic (exact) mass is 949 g/mol. The van der Waals surface area contributed by atoms with Gasteiger partial charge in [0.1, 0.15) is 0 Å². The number of benzene rings is 10. The summed E-state index contributed by atoms with van der Waals surface area (Å²) in [6, 6.07) is 101. The van der Waals surface area contributed by atoms with Crippen LogP contribution in [0.5, 0.6) is 0 Å². The molecule has 0 saturated heterocycles. The lowest BCUT2D eigenvalue weighted by Gasteiger charge is -2.29. The molecule has 10 aromatic carbocycles. The minimum atomic E-state index is 0.254. The van der Waals surface area contributed by atoms with Gasteiger partial charge in [0.25, 0.3) is 0 Å². The van der Waals surface area contributed by atoms with Crippen LogP contribution in [0.1, 0.15) is 87.7 Å². The Morgan fingerprint density at radius 2 is 0.635 bits per heavy atom. The van der Waals surface area contributed by atoms with E-state index in [0.29, 0.717) is 5.92 Å². The minimum Gasteiger partial charge on any atom is -0.311 e. The summed E-state index contributed by atoms with van der Waals surface area (Å²) in [5.41, 5.74) is 22.8. The molecule has 0 N–H and O–H groups in total. The molecule has 0 bridgehead atoms. The van der Waals surface area contributed by atoms with Crippen molar-refractivity contribution in [3.63, 3.8) is 0 Å². The third-order valence-corrected chi connectivity index (χ3v) is 14.3. The molecule has 356 valence electrons. The quantitative estimate of drug-likeness (QED) is 0.0982. The van der Waals surface area contributed by atoms with Crippen molar-refractivity contribution in [2.45, 2.75) is 32.1 Å². The molecule has 74 heavy (non-hydrogen) atoms. The molecule has 1 atom stereocenters.